The predicted molar refractivity (Wildman–Crippen MR) is 284 cm³/mol. The van der Waals surface area contributed by atoms with E-state index >= 15 is 0 Å². The van der Waals surface area contributed by atoms with E-state index in [1.165, 1.54) is 59.0 Å². The van der Waals surface area contributed by atoms with Gasteiger partial charge in [0.2, 0.25) is 76.8 Å². The summed E-state index contributed by atoms with van der Waals surface area (Å²) in [5.74, 6) is -10.1. The number of nitrogens with one attached hydrogen (secondary N) is 12. The Morgan fingerprint density at radius 2 is 1.06 bits per heavy atom. The van der Waals surface area contributed by atoms with Crippen molar-refractivity contribution >= 4 is 76.8 Å². The van der Waals surface area contributed by atoms with Crippen LogP contribution in [0.1, 0.15) is 107 Å². The summed E-state index contributed by atoms with van der Waals surface area (Å²) >= 11 is 0. The summed E-state index contributed by atoms with van der Waals surface area (Å²) in [5.41, 5.74) is 17.5. The van der Waals surface area contributed by atoms with Gasteiger partial charge in [-0.05, 0) is 85.6 Å². The van der Waals surface area contributed by atoms with Gasteiger partial charge in [0.25, 0.3) is 0 Å². The summed E-state index contributed by atoms with van der Waals surface area (Å²) in [4.78, 5) is 176. The fraction of sp³-hybridized carbons (Fsp3) is 0.673. The van der Waals surface area contributed by atoms with Crippen molar-refractivity contribution < 1.29 is 62.3 Å². The number of imidazole rings is 1. The summed E-state index contributed by atoms with van der Waals surface area (Å²) in [6.07, 6.45) is 5.15. The molecular formula is C49H83N17O13. The van der Waals surface area contributed by atoms with Crippen LogP contribution in [0.4, 0.5) is 0 Å². The number of carbonyl (C=O) groups excluding carboxylic acids is 13. The second-order valence-electron chi connectivity index (χ2n) is 20.2. The van der Waals surface area contributed by atoms with Crippen molar-refractivity contribution in [3.8, 4) is 0 Å². The quantitative estimate of drug-likeness (QED) is 0.0299. The molecule has 1 aromatic rings. The lowest BCUT2D eigenvalue weighted by Crippen LogP contribution is -2.58. The molecule has 0 saturated carbocycles. The summed E-state index contributed by atoms with van der Waals surface area (Å²) in [6, 6.07) is -12.2. The molecule has 18 N–H and O–H groups in total. The van der Waals surface area contributed by atoms with Crippen molar-refractivity contribution in [2.75, 3.05) is 26.2 Å². The highest BCUT2D eigenvalue weighted by atomic mass is 16.2. The minimum atomic E-state index is -1.22. The lowest BCUT2D eigenvalue weighted by Gasteiger charge is -2.28. The molecule has 2 heterocycles. The van der Waals surface area contributed by atoms with Crippen molar-refractivity contribution in [3.63, 3.8) is 0 Å². The Bertz CT molecular complexity index is 2320. The zero-order chi connectivity index (χ0) is 59.8. The summed E-state index contributed by atoms with van der Waals surface area (Å²) in [5, 5.41) is 27.2. The number of hydrogen-bond donors (Lipinski definition) is 15. The molecule has 79 heavy (non-hydrogen) atoms. The maximum absolute atomic E-state index is 13.5. The lowest BCUT2D eigenvalue weighted by atomic mass is 9.99. The van der Waals surface area contributed by atoms with Crippen LogP contribution in [0.3, 0.4) is 0 Å². The molecule has 1 saturated heterocycles. The van der Waals surface area contributed by atoms with Crippen molar-refractivity contribution in [3.05, 3.63) is 18.2 Å². The van der Waals surface area contributed by atoms with Crippen LogP contribution < -0.4 is 75.7 Å². The van der Waals surface area contributed by atoms with Gasteiger partial charge in [-0.1, -0.05) is 34.1 Å². The predicted octanol–water partition coefficient (Wildman–Crippen LogP) is -6.09. The SMILES string of the molecule is CC(C)[C@H](NC(=O)[C@@H](NC(=O)[C@H](C)NC(=O)CNC(=O)[C@@H]1CCCN1C(=O)[C@H](C)NC(=O)[C@H](C)NC(=O)[C@H](C)NC(=O)CNC(=O)[C@H](C)NC(=O)[C@H](C)NC(=O)[C@H](Cc1cnc[nH]1)NC(=O)[C@@H](N)CCCCN)C(C)C)C(N)=O. The second kappa shape index (κ2) is 32.9. The first-order valence-electron chi connectivity index (χ1n) is 26.3. The first kappa shape index (κ1) is 67.3. The Kier molecular flexibility index (Phi) is 28.0. The Morgan fingerprint density at radius 3 is 1.57 bits per heavy atom. The molecule has 2 rings (SSSR count). The van der Waals surface area contributed by atoms with Crippen LogP contribution >= 0.6 is 0 Å². The topological polar surface area (TPSA) is 464 Å². The van der Waals surface area contributed by atoms with Gasteiger partial charge in [0.1, 0.15) is 60.4 Å². The third kappa shape index (κ3) is 22.6. The summed E-state index contributed by atoms with van der Waals surface area (Å²) < 4.78 is 0. The number of carbonyl (C=O) groups is 13. The van der Waals surface area contributed by atoms with E-state index in [1.54, 1.807) is 27.7 Å². The minimum absolute atomic E-state index is 0.0000644. The first-order valence-corrected chi connectivity index (χ1v) is 26.3. The Hall–Kier alpha value is -7.76. The average Bonchev–Trinajstić information content (AvgIpc) is 4.10. The summed E-state index contributed by atoms with van der Waals surface area (Å²) in [6.45, 7) is 14.2. The first-order chi connectivity index (χ1) is 37.0. The molecule has 0 bridgehead atoms. The number of hydrogen-bond acceptors (Lipinski definition) is 16. The highest BCUT2D eigenvalue weighted by Crippen LogP contribution is 2.19. The van der Waals surface area contributed by atoms with E-state index in [1.807, 2.05) is 0 Å². The molecule has 0 aromatic carbocycles. The van der Waals surface area contributed by atoms with E-state index in [-0.39, 0.29) is 25.3 Å². The van der Waals surface area contributed by atoms with E-state index in [0.29, 0.717) is 37.9 Å². The fourth-order valence-corrected chi connectivity index (χ4v) is 7.83. The molecule has 30 nitrogen and oxygen atoms in total. The number of H-pyrrole nitrogens is 1. The second-order valence-corrected chi connectivity index (χ2v) is 20.2. The lowest BCUT2D eigenvalue weighted by molar-refractivity contribution is -0.141. The van der Waals surface area contributed by atoms with Gasteiger partial charge in [-0.15, -0.1) is 0 Å². The highest BCUT2D eigenvalue weighted by Gasteiger charge is 2.38. The zero-order valence-corrected chi connectivity index (χ0v) is 46.7. The van der Waals surface area contributed by atoms with Crippen molar-refractivity contribution in [1.29, 1.82) is 0 Å². The molecule has 0 unspecified atom stereocenters. The van der Waals surface area contributed by atoms with Gasteiger partial charge in [0.05, 0.1) is 25.5 Å². The van der Waals surface area contributed by atoms with E-state index in [9.17, 15) is 62.3 Å². The number of aromatic nitrogens is 2. The van der Waals surface area contributed by atoms with Crippen molar-refractivity contribution in [2.24, 2.45) is 29.0 Å². The fourth-order valence-electron chi connectivity index (χ4n) is 7.83. The molecule has 1 fully saturated rings. The number of nitrogens with two attached hydrogens (primary N) is 3. The van der Waals surface area contributed by atoms with Crippen LogP contribution in [0.15, 0.2) is 12.5 Å². The van der Waals surface area contributed by atoms with Crippen LogP contribution in [-0.2, 0) is 68.7 Å². The average molecular weight is 1120 g/mol. The Labute approximate surface area is 459 Å². The minimum Gasteiger partial charge on any atom is -0.368 e. The zero-order valence-electron chi connectivity index (χ0n) is 46.7. The molecule has 1 aliphatic heterocycles. The van der Waals surface area contributed by atoms with Gasteiger partial charge in [-0.25, -0.2) is 4.98 Å². The number of aromatic amines is 1. The third-order valence-corrected chi connectivity index (χ3v) is 12.6. The molecular weight excluding hydrogens is 1030 g/mol. The van der Waals surface area contributed by atoms with Gasteiger partial charge >= 0.3 is 0 Å². The van der Waals surface area contributed by atoms with Crippen LogP contribution in [-0.4, -0.2) is 184 Å². The van der Waals surface area contributed by atoms with E-state index in [4.69, 9.17) is 17.2 Å². The van der Waals surface area contributed by atoms with Gasteiger partial charge in [-0.3, -0.25) is 62.3 Å². The molecule has 1 aliphatic rings. The van der Waals surface area contributed by atoms with Gasteiger partial charge in [0, 0.05) is 24.9 Å². The molecule has 0 aliphatic carbocycles. The standard InChI is InChI=1S/C49H83N17O13/c1-23(2)37(39(52)69)64-48(78)38(24(3)4)65-44(74)27(7)58-36(68)21-55-47(77)34-15-13-17-66(34)49(79)30(10)62-43(73)28(8)60-41(71)26(6)57-35(67)20-54-40(70)25(5)59-42(72)29(9)61-46(76)33(18-31-19-53-22-56-31)63-45(75)32(51)14-11-12-16-50/h19,22-30,32-34,37-38H,11-18,20-21,50-51H2,1-10H3,(H2,52,69)(H,53,56)(H,54,70)(H,55,77)(H,57,67)(H,58,68)(H,59,72)(H,60,71)(H,61,76)(H,62,73)(H,63,75)(H,64,78)(H,65,74)/t25-,26-,27-,28-,29-,30-,32-,33-,34-,37-,38-/m0/s1. The number of rotatable bonds is 32. The molecule has 13 amide bonds. The monoisotopic (exact) mass is 1120 g/mol. The molecule has 1 aromatic heterocycles. The Morgan fingerprint density at radius 1 is 0.582 bits per heavy atom. The summed E-state index contributed by atoms with van der Waals surface area (Å²) in [7, 11) is 0. The van der Waals surface area contributed by atoms with E-state index in [0.717, 1.165) is 0 Å². The maximum Gasteiger partial charge on any atom is 0.245 e. The maximum atomic E-state index is 13.5. The number of primary amides is 1. The molecule has 442 valence electrons. The normalized spacial score (nSPS) is 16.8. The van der Waals surface area contributed by atoms with E-state index in [2.05, 4.69) is 68.5 Å². The number of likely N-dealkylation sites (tertiary alicyclic amines) is 1. The Balaban J connectivity index is 1.82. The van der Waals surface area contributed by atoms with Gasteiger partial charge in [-0.2, -0.15) is 0 Å². The smallest absolute Gasteiger partial charge is 0.245 e. The van der Waals surface area contributed by atoms with Crippen molar-refractivity contribution in [2.45, 2.75) is 174 Å². The number of amides is 13. The van der Waals surface area contributed by atoms with Crippen LogP contribution in [0.2, 0.25) is 0 Å². The number of nitrogens with zero attached hydrogens (tertiary/aromatic N) is 2. The van der Waals surface area contributed by atoms with Gasteiger partial charge < -0.3 is 85.6 Å². The molecule has 11 atom stereocenters. The number of unbranched alkanes of at least 4 members (excludes halogenated alkanes) is 1. The van der Waals surface area contributed by atoms with Crippen LogP contribution in [0.5, 0.6) is 0 Å². The molecule has 0 spiro atoms. The van der Waals surface area contributed by atoms with Crippen LogP contribution in [0.25, 0.3) is 0 Å². The molecule has 30 heteroatoms. The largest absolute Gasteiger partial charge is 0.368 e. The van der Waals surface area contributed by atoms with Gasteiger partial charge in [0.15, 0.2) is 0 Å². The van der Waals surface area contributed by atoms with Crippen molar-refractivity contribution in [1.82, 2.24) is 73.4 Å². The highest BCUT2D eigenvalue weighted by molar-refractivity contribution is 5.98. The van der Waals surface area contributed by atoms with E-state index < -0.39 is 162 Å². The molecule has 0 radical (unpaired) electrons. The third-order valence-electron chi connectivity index (χ3n) is 12.6. The van der Waals surface area contributed by atoms with Crippen LogP contribution in [0, 0.1) is 11.8 Å².